The molecular weight excluding hydrogens is 308 g/mol. The normalized spacial score (nSPS) is 10.0. The minimum absolute atomic E-state index is 0.0815. The number of nitrogens with one attached hydrogen (secondary N) is 2. The largest absolute Gasteiger partial charge is 0.339 e. The van der Waals surface area contributed by atoms with E-state index in [1.807, 2.05) is 24.3 Å². The summed E-state index contributed by atoms with van der Waals surface area (Å²) in [6.45, 7) is 1.78. The van der Waals surface area contributed by atoms with E-state index in [1.54, 1.807) is 19.1 Å². The van der Waals surface area contributed by atoms with Crippen molar-refractivity contribution in [3.05, 3.63) is 40.9 Å². The average Bonchev–Trinajstić information content (AvgIpc) is 2.41. The van der Waals surface area contributed by atoms with E-state index in [9.17, 15) is 4.79 Å². The number of hydrogen-bond acceptors (Lipinski definition) is 4. The van der Waals surface area contributed by atoms with E-state index in [2.05, 4.69) is 36.8 Å². The second kappa shape index (κ2) is 6.29. The zero-order chi connectivity index (χ0) is 13.7. The molecule has 98 valence electrons. The molecule has 2 rings (SSSR count). The van der Waals surface area contributed by atoms with E-state index in [-0.39, 0.29) is 5.91 Å². The fraction of sp³-hybridized carbons (Fsp3) is 0.154. The van der Waals surface area contributed by atoms with Gasteiger partial charge in [0.05, 0.1) is 0 Å². The minimum atomic E-state index is -0.0815. The third-order valence-corrected chi connectivity index (χ3v) is 2.84. The topological polar surface area (TPSA) is 66.9 Å². The highest BCUT2D eigenvalue weighted by molar-refractivity contribution is 9.10. The van der Waals surface area contributed by atoms with Crippen molar-refractivity contribution in [2.75, 3.05) is 10.6 Å². The molecule has 0 radical (unpaired) electrons. The molecule has 0 aliphatic rings. The van der Waals surface area contributed by atoms with Gasteiger partial charge in [-0.25, -0.2) is 0 Å². The summed E-state index contributed by atoms with van der Waals surface area (Å²) in [6, 6.07) is 11.2. The molecule has 0 bridgehead atoms. The third kappa shape index (κ3) is 4.03. The molecule has 0 spiro atoms. The molecule has 2 N–H and O–H groups in total. The van der Waals surface area contributed by atoms with E-state index >= 15 is 0 Å². The SMILES string of the molecule is CCC(=O)Nc1ccc(Nc2cccc(Br)c2)nn1. The van der Waals surface area contributed by atoms with Crippen LogP contribution in [-0.4, -0.2) is 16.1 Å². The lowest BCUT2D eigenvalue weighted by Crippen LogP contribution is -2.11. The Bertz CT molecular complexity index is 571. The number of rotatable bonds is 4. The molecule has 1 amide bonds. The molecule has 5 nitrogen and oxygen atoms in total. The van der Waals surface area contributed by atoms with Crippen molar-refractivity contribution in [3.8, 4) is 0 Å². The van der Waals surface area contributed by atoms with Gasteiger partial charge in [-0.2, -0.15) is 0 Å². The first-order valence-electron chi connectivity index (χ1n) is 5.83. The van der Waals surface area contributed by atoms with Crippen LogP contribution in [0.2, 0.25) is 0 Å². The lowest BCUT2D eigenvalue weighted by Gasteiger charge is -2.06. The Kier molecular flexibility index (Phi) is 4.46. The van der Waals surface area contributed by atoms with Crippen molar-refractivity contribution >= 4 is 39.2 Å². The maximum Gasteiger partial charge on any atom is 0.225 e. The molecule has 0 aliphatic carbocycles. The first kappa shape index (κ1) is 13.5. The summed E-state index contributed by atoms with van der Waals surface area (Å²) in [5.41, 5.74) is 0.911. The smallest absolute Gasteiger partial charge is 0.225 e. The maximum atomic E-state index is 11.2. The van der Waals surface area contributed by atoms with E-state index in [0.717, 1.165) is 10.2 Å². The van der Waals surface area contributed by atoms with Gasteiger partial charge in [0.2, 0.25) is 5.91 Å². The number of nitrogens with zero attached hydrogens (tertiary/aromatic N) is 2. The van der Waals surface area contributed by atoms with Crippen LogP contribution in [0.25, 0.3) is 0 Å². The summed E-state index contributed by atoms with van der Waals surface area (Å²) in [5.74, 6) is 0.987. The van der Waals surface area contributed by atoms with Crippen molar-refractivity contribution in [2.45, 2.75) is 13.3 Å². The quantitative estimate of drug-likeness (QED) is 0.906. The van der Waals surface area contributed by atoms with Crippen molar-refractivity contribution in [2.24, 2.45) is 0 Å². The molecule has 0 saturated carbocycles. The molecule has 19 heavy (non-hydrogen) atoms. The van der Waals surface area contributed by atoms with Gasteiger partial charge in [0, 0.05) is 16.6 Å². The molecule has 2 aromatic rings. The number of carbonyl (C=O) groups is 1. The minimum Gasteiger partial charge on any atom is -0.339 e. The predicted molar refractivity (Wildman–Crippen MR) is 78.4 cm³/mol. The van der Waals surface area contributed by atoms with Crippen LogP contribution in [0.1, 0.15) is 13.3 Å². The third-order valence-electron chi connectivity index (χ3n) is 2.35. The number of anilines is 3. The highest BCUT2D eigenvalue weighted by Crippen LogP contribution is 2.19. The summed E-state index contributed by atoms with van der Waals surface area (Å²) >= 11 is 3.40. The Morgan fingerprint density at radius 2 is 1.95 bits per heavy atom. The zero-order valence-electron chi connectivity index (χ0n) is 10.4. The molecule has 0 unspecified atom stereocenters. The van der Waals surface area contributed by atoms with Crippen molar-refractivity contribution in [1.29, 1.82) is 0 Å². The predicted octanol–water partition coefficient (Wildman–Crippen LogP) is 3.33. The summed E-state index contributed by atoms with van der Waals surface area (Å²) in [6.07, 6.45) is 0.416. The van der Waals surface area contributed by atoms with Crippen molar-refractivity contribution < 1.29 is 4.79 Å². The van der Waals surface area contributed by atoms with E-state index < -0.39 is 0 Å². The summed E-state index contributed by atoms with van der Waals surface area (Å²) < 4.78 is 0.984. The van der Waals surface area contributed by atoms with E-state index in [1.165, 1.54) is 0 Å². The van der Waals surface area contributed by atoms with Crippen LogP contribution in [0, 0.1) is 0 Å². The second-order valence-corrected chi connectivity index (χ2v) is 4.76. The van der Waals surface area contributed by atoms with E-state index in [0.29, 0.717) is 18.1 Å². The highest BCUT2D eigenvalue weighted by Gasteiger charge is 2.02. The van der Waals surface area contributed by atoms with Crippen molar-refractivity contribution in [3.63, 3.8) is 0 Å². The fourth-order valence-corrected chi connectivity index (χ4v) is 1.81. The molecule has 0 fully saturated rings. The van der Waals surface area contributed by atoms with Gasteiger partial charge in [0.1, 0.15) is 0 Å². The molecular formula is C13H13BrN4O. The lowest BCUT2D eigenvalue weighted by molar-refractivity contribution is -0.115. The number of carbonyl (C=O) groups excluding carboxylic acids is 1. The summed E-state index contributed by atoms with van der Waals surface area (Å²) in [7, 11) is 0. The Morgan fingerprint density at radius 1 is 1.21 bits per heavy atom. The zero-order valence-corrected chi connectivity index (χ0v) is 11.9. The molecule has 6 heteroatoms. The number of amides is 1. The summed E-state index contributed by atoms with van der Waals surface area (Å²) in [5, 5.41) is 13.7. The maximum absolute atomic E-state index is 11.2. The van der Waals surface area contributed by atoms with Gasteiger partial charge in [-0.05, 0) is 30.3 Å². The van der Waals surface area contributed by atoms with Gasteiger partial charge in [0.25, 0.3) is 0 Å². The standard InChI is InChI=1S/C13H13BrN4O/c1-2-13(19)16-12-7-6-11(17-18-12)15-10-5-3-4-9(14)8-10/h3-8H,2H2,1H3,(H,15,17)(H,16,18,19). The van der Waals surface area contributed by atoms with Gasteiger partial charge in [-0.3, -0.25) is 4.79 Å². The Morgan fingerprint density at radius 3 is 2.58 bits per heavy atom. The Hall–Kier alpha value is -1.95. The molecule has 0 aliphatic heterocycles. The fourth-order valence-electron chi connectivity index (χ4n) is 1.41. The Labute approximate surface area is 119 Å². The van der Waals surface area contributed by atoms with Crippen LogP contribution in [0.4, 0.5) is 17.3 Å². The van der Waals surface area contributed by atoms with Crippen LogP contribution in [0.5, 0.6) is 0 Å². The van der Waals surface area contributed by atoms with Crippen LogP contribution < -0.4 is 10.6 Å². The van der Waals surface area contributed by atoms with Crippen LogP contribution >= 0.6 is 15.9 Å². The Balaban J connectivity index is 2.04. The van der Waals surface area contributed by atoms with E-state index in [4.69, 9.17) is 0 Å². The number of halogens is 1. The van der Waals surface area contributed by atoms with Crippen LogP contribution in [0.15, 0.2) is 40.9 Å². The van der Waals surface area contributed by atoms with Gasteiger partial charge in [0.15, 0.2) is 11.6 Å². The summed E-state index contributed by atoms with van der Waals surface area (Å²) in [4.78, 5) is 11.2. The molecule has 1 heterocycles. The molecule has 0 atom stereocenters. The molecule has 1 aromatic heterocycles. The number of hydrogen-bond donors (Lipinski definition) is 2. The van der Waals surface area contributed by atoms with Gasteiger partial charge in [-0.15, -0.1) is 10.2 Å². The van der Waals surface area contributed by atoms with Crippen molar-refractivity contribution in [1.82, 2.24) is 10.2 Å². The lowest BCUT2D eigenvalue weighted by atomic mass is 10.3. The van der Waals surface area contributed by atoms with Gasteiger partial charge >= 0.3 is 0 Å². The first-order valence-corrected chi connectivity index (χ1v) is 6.63. The average molecular weight is 321 g/mol. The molecule has 1 aromatic carbocycles. The van der Waals surface area contributed by atoms with Gasteiger partial charge in [-0.1, -0.05) is 28.9 Å². The first-order chi connectivity index (χ1) is 9.17. The number of benzene rings is 1. The number of aromatic nitrogens is 2. The van der Waals surface area contributed by atoms with Gasteiger partial charge < -0.3 is 10.6 Å². The second-order valence-electron chi connectivity index (χ2n) is 3.84. The van der Waals surface area contributed by atoms with Crippen LogP contribution in [-0.2, 0) is 4.79 Å². The highest BCUT2D eigenvalue weighted by atomic mass is 79.9. The van der Waals surface area contributed by atoms with Crippen LogP contribution in [0.3, 0.4) is 0 Å². The monoisotopic (exact) mass is 320 g/mol. The molecule has 0 saturated heterocycles.